The van der Waals surface area contributed by atoms with Crippen LogP contribution >= 0.6 is 11.6 Å². The lowest BCUT2D eigenvalue weighted by atomic mass is 10.1. The van der Waals surface area contributed by atoms with Crippen LogP contribution in [0, 0.1) is 0 Å². The molecular weight excluding hydrogens is 390 g/mol. The first-order valence-electron chi connectivity index (χ1n) is 9.92. The van der Waals surface area contributed by atoms with Crippen molar-refractivity contribution in [1.82, 2.24) is 10.6 Å². The number of carbonyl (C=O) groups excluding carboxylic acids is 2. The summed E-state index contributed by atoms with van der Waals surface area (Å²) in [7, 11) is 0. The molecule has 0 bridgehead atoms. The van der Waals surface area contributed by atoms with Gasteiger partial charge in [-0.2, -0.15) is 0 Å². The van der Waals surface area contributed by atoms with E-state index in [1.807, 2.05) is 30.3 Å². The van der Waals surface area contributed by atoms with Crippen molar-refractivity contribution in [2.24, 2.45) is 0 Å². The summed E-state index contributed by atoms with van der Waals surface area (Å²) in [6, 6.07) is 16.8. The average molecular weight is 417 g/mol. The van der Waals surface area contributed by atoms with E-state index in [2.05, 4.69) is 10.6 Å². The Morgan fingerprint density at radius 1 is 1.03 bits per heavy atom. The smallest absolute Gasteiger partial charge is 0.252 e. The van der Waals surface area contributed by atoms with Crippen molar-refractivity contribution in [2.45, 2.75) is 12.5 Å². The van der Waals surface area contributed by atoms with Gasteiger partial charge < -0.3 is 20.3 Å². The van der Waals surface area contributed by atoms with Crippen LogP contribution in [0.2, 0.25) is 5.02 Å². The van der Waals surface area contributed by atoms with E-state index in [1.165, 1.54) is 4.90 Å². The number of halogens is 1. The number of carbonyl (C=O) groups is 2. The molecule has 1 fully saturated rings. The molecular formula is C22H27ClN3O3+. The minimum absolute atomic E-state index is 0.0731. The van der Waals surface area contributed by atoms with Gasteiger partial charge in [0.05, 0.1) is 23.8 Å². The molecule has 1 saturated heterocycles. The van der Waals surface area contributed by atoms with Crippen molar-refractivity contribution in [1.29, 1.82) is 0 Å². The third-order valence-corrected chi connectivity index (χ3v) is 5.32. The standard InChI is InChI=1S/C22H26ClN3O3/c23-19-9-5-4-8-18(19)22(28)24-11-10-21(27)25-20(17-6-2-1-3-7-17)16-26-12-14-29-15-13-26/h1-9,20H,10-16H2,(H,24,28)(H,25,27)/p+1/t20-/m1/s1. The molecule has 0 aromatic heterocycles. The van der Waals surface area contributed by atoms with Gasteiger partial charge in [0.2, 0.25) is 5.91 Å². The van der Waals surface area contributed by atoms with Crippen molar-refractivity contribution in [2.75, 3.05) is 39.4 Å². The molecule has 0 spiro atoms. The lowest BCUT2D eigenvalue weighted by molar-refractivity contribution is -0.909. The van der Waals surface area contributed by atoms with Crippen LogP contribution in [0.5, 0.6) is 0 Å². The second-order valence-electron chi connectivity index (χ2n) is 7.08. The van der Waals surface area contributed by atoms with Crippen molar-refractivity contribution < 1.29 is 19.2 Å². The summed E-state index contributed by atoms with van der Waals surface area (Å²) in [6.45, 7) is 4.44. The second-order valence-corrected chi connectivity index (χ2v) is 7.49. The molecule has 0 unspecified atom stereocenters. The maximum atomic E-state index is 12.5. The van der Waals surface area contributed by atoms with Gasteiger partial charge >= 0.3 is 0 Å². The number of morpholine rings is 1. The highest BCUT2D eigenvalue weighted by atomic mass is 35.5. The zero-order chi connectivity index (χ0) is 20.5. The van der Waals surface area contributed by atoms with E-state index >= 15 is 0 Å². The van der Waals surface area contributed by atoms with E-state index in [0.29, 0.717) is 10.6 Å². The van der Waals surface area contributed by atoms with Crippen LogP contribution in [-0.4, -0.2) is 51.2 Å². The van der Waals surface area contributed by atoms with Gasteiger partial charge in [0.25, 0.3) is 5.91 Å². The van der Waals surface area contributed by atoms with Crippen LogP contribution in [0.3, 0.4) is 0 Å². The topological polar surface area (TPSA) is 71.9 Å². The molecule has 7 heteroatoms. The molecule has 1 aliphatic rings. The number of hydrogen-bond acceptors (Lipinski definition) is 3. The van der Waals surface area contributed by atoms with Gasteiger partial charge in [-0.1, -0.05) is 54.1 Å². The molecule has 1 aliphatic heterocycles. The van der Waals surface area contributed by atoms with E-state index in [4.69, 9.17) is 16.3 Å². The molecule has 29 heavy (non-hydrogen) atoms. The summed E-state index contributed by atoms with van der Waals surface area (Å²) in [6.07, 6.45) is 0.206. The summed E-state index contributed by atoms with van der Waals surface area (Å²) in [4.78, 5) is 26.2. The minimum atomic E-state index is -0.277. The van der Waals surface area contributed by atoms with Crippen molar-refractivity contribution >= 4 is 23.4 Å². The Labute approximate surface area is 176 Å². The average Bonchev–Trinajstić information content (AvgIpc) is 2.75. The van der Waals surface area contributed by atoms with E-state index in [-0.39, 0.29) is 30.8 Å². The Kier molecular flexibility index (Phi) is 8.04. The zero-order valence-electron chi connectivity index (χ0n) is 16.3. The molecule has 0 radical (unpaired) electrons. The Morgan fingerprint density at radius 2 is 1.72 bits per heavy atom. The lowest BCUT2D eigenvalue weighted by Crippen LogP contribution is -3.14. The van der Waals surface area contributed by atoms with Gasteiger partial charge in [0.15, 0.2) is 0 Å². The number of nitrogens with one attached hydrogen (secondary N) is 3. The van der Waals surface area contributed by atoms with E-state index in [0.717, 1.165) is 38.4 Å². The molecule has 1 heterocycles. The summed E-state index contributed by atoms with van der Waals surface area (Å²) < 4.78 is 5.43. The highest BCUT2D eigenvalue weighted by Gasteiger charge is 2.22. The Morgan fingerprint density at radius 3 is 2.45 bits per heavy atom. The first-order chi connectivity index (χ1) is 14.1. The molecule has 2 aromatic rings. The molecule has 3 rings (SSSR count). The predicted molar refractivity (Wildman–Crippen MR) is 112 cm³/mol. The third-order valence-electron chi connectivity index (χ3n) is 4.99. The van der Waals surface area contributed by atoms with Gasteiger partial charge in [0.1, 0.15) is 25.7 Å². The largest absolute Gasteiger partial charge is 0.370 e. The Bertz CT molecular complexity index is 810. The normalized spacial score (nSPS) is 15.5. The molecule has 6 nitrogen and oxygen atoms in total. The number of quaternary nitrogens is 1. The van der Waals surface area contributed by atoms with E-state index in [9.17, 15) is 9.59 Å². The van der Waals surface area contributed by atoms with Gasteiger partial charge in [0, 0.05) is 13.0 Å². The van der Waals surface area contributed by atoms with Gasteiger partial charge in [-0.05, 0) is 17.7 Å². The number of rotatable bonds is 8. The quantitative estimate of drug-likeness (QED) is 0.606. The number of amides is 2. The molecule has 0 aliphatic carbocycles. The van der Waals surface area contributed by atoms with Crippen molar-refractivity contribution in [3.8, 4) is 0 Å². The molecule has 1 atom stereocenters. The molecule has 3 N–H and O–H groups in total. The van der Waals surface area contributed by atoms with Crippen LogP contribution < -0.4 is 15.5 Å². The van der Waals surface area contributed by atoms with Gasteiger partial charge in [-0.25, -0.2) is 0 Å². The maximum Gasteiger partial charge on any atom is 0.252 e. The minimum Gasteiger partial charge on any atom is -0.370 e. The van der Waals surface area contributed by atoms with Crippen LogP contribution in [0.4, 0.5) is 0 Å². The van der Waals surface area contributed by atoms with Crippen LogP contribution in [0.1, 0.15) is 28.4 Å². The fraction of sp³-hybridized carbons (Fsp3) is 0.364. The zero-order valence-corrected chi connectivity index (χ0v) is 17.1. The van der Waals surface area contributed by atoms with Crippen molar-refractivity contribution in [3.63, 3.8) is 0 Å². The Hall–Kier alpha value is -2.41. The Balaban J connectivity index is 1.52. The summed E-state index contributed by atoms with van der Waals surface area (Å²) in [5, 5.41) is 6.28. The van der Waals surface area contributed by atoms with Crippen LogP contribution in [0.15, 0.2) is 54.6 Å². The highest BCUT2D eigenvalue weighted by molar-refractivity contribution is 6.33. The second kappa shape index (κ2) is 11.0. The summed E-state index contributed by atoms with van der Waals surface area (Å²) in [5.74, 6) is -0.369. The van der Waals surface area contributed by atoms with Crippen LogP contribution in [-0.2, 0) is 9.53 Å². The summed E-state index contributed by atoms with van der Waals surface area (Å²) in [5.41, 5.74) is 1.49. The van der Waals surface area contributed by atoms with E-state index < -0.39 is 0 Å². The predicted octanol–water partition coefficient (Wildman–Crippen LogP) is 1.23. The fourth-order valence-electron chi connectivity index (χ4n) is 3.39. The number of benzene rings is 2. The van der Waals surface area contributed by atoms with Gasteiger partial charge in [-0.3, -0.25) is 9.59 Å². The molecule has 154 valence electrons. The number of hydrogen-bond donors (Lipinski definition) is 3. The summed E-state index contributed by atoms with van der Waals surface area (Å²) >= 11 is 6.04. The molecule has 0 saturated carbocycles. The fourth-order valence-corrected chi connectivity index (χ4v) is 3.61. The lowest BCUT2D eigenvalue weighted by Gasteiger charge is -2.28. The SMILES string of the molecule is O=C(CCNC(=O)c1ccccc1Cl)N[C@H](C[NH+]1CCOCC1)c1ccccc1. The monoisotopic (exact) mass is 416 g/mol. The maximum absolute atomic E-state index is 12.5. The van der Waals surface area contributed by atoms with E-state index in [1.54, 1.807) is 24.3 Å². The first kappa shape index (κ1) is 21.3. The molecule has 2 amide bonds. The van der Waals surface area contributed by atoms with Crippen LogP contribution in [0.25, 0.3) is 0 Å². The number of ether oxygens (including phenoxy) is 1. The van der Waals surface area contributed by atoms with Crippen molar-refractivity contribution in [3.05, 3.63) is 70.7 Å². The highest BCUT2D eigenvalue weighted by Crippen LogP contribution is 2.14. The van der Waals surface area contributed by atoms with Gasteiger partial charge in [-0.15, -0.1) is 0 Å². The third kappa shape index (κ3) is 6.56. The molecule has 2 aromatic carbocycles. The first-order valence-corrected chi connectivity index (χ1v) is 10.3.